The number of rotatable bonds is 3. The van der Waals surface area contributed by atoms with E-state index < -0.39 is 0 Å². The average Bonchev–Trinajstić information content (AvgIpc) is 2.63. The third kappa shape index (κ3) is 2.75. The molecular formula is C13H18N2O2. The molecule has 1 aliphatic carbocycles. The van der Waals surface area contributed by atoms with Crippen molar-refractivity contribution in [1.29, 1.82) is 0 Å². The molecule has 1 aliphatic rings. The second kappa shape index (κ2) is 4.73. The van der Waals surface area contributed by atoms with Crippen molar-refractivity contribution in [3.63, 3.8) is 0 Å². The molecule has 0 aromatic heterocycles. The molecule has 0 saturated heterocycles. The van der Waals surface area contributed by atoms with Crippen molar-refractivity contribution >= 4 is 11.4 Å². The van der Waals surface area contributed by atoms with E-state index in [0.717, 1.165) is 24.3 Å². The molecule has 17 heavy (non-hydrogen) atoms. The number of nitrogens with one attached hydrogen (secondary N) is 1. The summed E-state index contributed by atoms with van der Waals surface area (Å²) in [7, 11) is 0. The molecule has 0 bridgehead atoms. The van der Waals surface area contributed by atoms with Crippen LogP contribution in [0.25, 0.3) is 0 Å². The predicted molar refractivity (Wildman–Crippen MR) is 68.3 cm³/mol. The Morgan fingerprint density at radius 2 is 2.18 bits per heavy atom. The van der Waals surface area contributed by atoms with Crippen LogP contribution < -0.4 is 5.32 Å². The van der Waals surface area contributed by atoms with Crippen LogP contribution in [0.5, 0.6) is 0 Å². The third-order valence-electron chi connectivity index (χ3n) is 3.40. The number of aryl methyl sites for hydroxylation is 1. The summed E-state index contributed by atoms with van der Waals surface area (Å²) in [4.78, 5) is 10.6. The third-order valence-corrected chi connectivity index (χ3v) is 3.40. The SMILES string of the molecule is Cc1ccc([N+](=O)[O-])c(NC2CCC(C)C2)c1. The minimum absolute atomic E-state index is 0.176. The van der Waals surface area contributed by atoms with Gasteiger partial charge in [0, 0.05) is 12.1 Å². The number of hydrogen-bond donors (Lipinski definition) is 1. The highest BCUT2D eigenvalue weighted by Crippen LogP contribution is 2.31. The zero-order valence-corrected chi connectivity index (χ0v) is 10.3. The zero-order chi connectivity index (χ0) is 12.4. The van der Waals surface area contributed by atoms with Gasteiger partial charge in [0.2, 0.25) is 0 Å². The van der Waals surface area contributed by atoms with Crippen molar-refractivity contribution in [2.24, 2.45) is 5.92 Å². The van der Waals surface area contributed by atoms with Gasteiger partial charge in [-0.25, -0.2) is 0 Å². The molecule has 0 radical (unpaired) electrons. The highest BCUT2D eigenvalue weighted by molar-refractivity contribution is 5.63. The topological polar surface area (TPSA) is 55.2 Å². The second-order valence-electron chi connectivity index (χ2n) is 5.04. The quantitative estimate of drug-likeness (QED) is 0.643. The predicted octanol–water partition coefficient (Wildman–Crippen LogP) is 3.50. The molecule has 2 atom stereocenters. The van der Waals surface area contributed by atoms with Crippen molar-refractivity contribution in [3.8, 4) is 0 Å². The molecule has 1 fully saturated rings. The second-order valence-corrected chi connectivity index (χ2v) is 5.04. The first-order valence-electron chi connectivity index (χ1n) is 6.08. The molecule has 0 aliphatic heterocycles. The Kier molecular flexibility index (Phi) is 3.31. The van der Waals surface area contributed by atoms with Crippen molar-refractivity contribution in [3.05, 3.63) is 33.9 Å². The van der Waals surface area contributed by atoms with E-state index in [2.05, 4.69) is 12.2 Å². The highest BCUT2D eigenvalue weighted by Gasteiger charge is 2.23. The summed E-state index contributed by atoms with van der Waals surface area (Å²) >= 11 is 0. The Morgan fingerprint density at radius 3 is 2.76 bits per heavy atom. The van der Waals surface area contributed by atoms with E-state index in [9.17, 15) is 10.1 Å². The number of anilines is 1. The molecule has 0 amide bonds. The standard InChI is InChI=1S/C13H18N2O2/c1-9-3-5-11(7-9)14-12-8-10(2)4-6-13(12)15(16)17/h4,6,8-9,11,14H,3,5,7H2,1-2H3. The summed E-state index contributed by atoms with van der Waals surface area (Å²) in [6, 6.07) is 5.60. The van der Waals surface area contributed by atoms with Crippen LogP contribution in [0.2, 0.25) is 0 Å². The molecule has 4 nitrogen and oxygen atoms in total. The molecule has 1 saturated carbocycles. The van der Waals surface area contributed by atoms with Crippen LogP contribution in [0, 0.1) is 23.0 Å². The first kappa shape index (κ1) is 11.9. The monoisotopic (exact) mass is 234 g/mol. The molecular weight excluding hydrogens is 216 g/mol. The van der Waals surface area contributed by atoms with E-state index in [0.29, 0.717) is 11.7 Å². The Bertz CT molecular complexity index is 431. The fraction of sp³-hybridized carbons (Fsp3) is 0.538. The lowest BCUT2D eigenvalue weighted by Gasteiger charge is -2.14. The molecule has 0 heterocycles. The van der Waals surface area contributed by atoms with Gasteiger partial charge < -0.3 is 5.32 Å². The van der Waals surface area contributed by atoms with Crippen LogP contribution in [0.1, 0.15) is 31.7 Å². The molecule has 2 unspecified atom stereocenters. The number of nitrogens with zero attached hydrogens (tertiary/aromatic N) is 1. The first-order chi connectivity index (χ1) is 8.06. The zero-order valence-electron chi connectivity index (χ0n) is 10.3. The molecule has 4 heteroatoms. The van der Waals surface area contributed by atoms with Gasteiger partial charge in [0.05, 0.1) is 4.92 Å². The van der Waals surface area contributed by atoms with Crippen LogP contribution >= 0.6 is 0 Å². The van der Waals surface area contributed by atoms with Gasteiger partial charge in [0.1, 0.15) is 5.69 Å². The summed E-state index contributed by atoms with van der Waals surface area (Å²) < 4.78 is 0. The lowest BCUT2D eigenvalue weighted by molar-refractivity contribution is -0.384. The van der Waals surface area contributed by atoms with Crippen LogP contribution in [0.3, 0.4) is 0 Å². The van der Waals surface area contributed by atoms with Gasteiger partial charge in [-0.2, -0.15) is 0 Å². The molecule has 1 N–H and O–H groups in total. The fourth-order valence-electron chi connectivity index (χ4n) is 2.48. The van der Waals surface area contributed by atoms with Crippen molar-refractivity contribution < 1.29 is 4.92 Å². The Hall–Kier alpha value is -1.58. The number of nitro benzene ring substituents is 1. The maximum Gasteiger partial charge on any atom is 0.292 e. The fourth-order valence-corrected chi connectivity index (χ4v) is 2.48. The maximum atomic E-state index is 10.9. The maximum absolute atomic E-state index is 10.9. The average molecular weight is 234 g/mol. The van der Waals surface area contributed by atoms with Crippen LogP contribution in [0.4, 0.5) is 11.4 Å². The summed E-state index contributed by atoms with van der Waals surface area (Å²) in [6.45, 7) is 4.18. The summed E-state index contributed by atoms with van der Waals surface area (Å²) in [5.74, 6) is 0.719. The van der Waals surface area contributed by atoms with E-state index in [-0.39, 0.29) is 10.6 Å². The number of hydrogen-bond acceptors (Lipinski definition) is 3. The summed E-state index contributed by atoms with van der Waals surface area (Å²) in [5.41, 5.74) is 1.88. The normalized spacial score (nSPS) is 23.6. The van der Waals surface area contributed by atoms with E-state index in [1.807, 2.05) is 13.0 Å². The lowest BCUT2D eigenvalue weighted by atomic mass is 10.1. The Balaban J connectivity index is 2.19. The van der Waals surface area contributed by atoms with Gasteiger partial charge in [0.15, 0.2) is 0 Å². The van der Waals surface area contributed by atoms with Gasteiger partial charge in [-0.05, 0) is 43.7 Å². The molecule has 0 spiro atoms. The number of nitro groups is 1. The summed E-state index contributed by atoms with van der Waals surface area (Å²) in [5, 5.41) is 14.3. The molecule has 1 aromatic rings. The van der Waals surface area contributed by atoms with Crippen molar-refractivity contribution in [2.45, 2.75) is 39.2 Å². The van der Waals surface area contributed by atoms with E-state index >= 15 is 0 Å². The van der Waals surface area contributed by atoms with Gasteiger partial charge >= 0.3 is 0 Å². The number of benzene rings is 1. The first-order valence-corrected chi connectivity index (χ1v) is 6.08. The van der Waals surface area contributed by atoms with E-state index in [4.69, 9.17) is 0 Å². The lowest BCUT2D eigenvalue weighted by Crippen LogP contribution is -2.16. The van der Waals surface area contributed by atoms with Crippen molar-refractivity contribution in [1.82, 2.24) is 0 Å². The minimum atomic E-state index is -0.319. The largest absolute Gasteiger partial charge is 0.377 e. The van der Waals surface area contributed by atoms with Gasteiger partial charge in [-0.15, -0.1) is 0 Å². The van der Waals surface area contributed by atoms with Crippen LogP contribution in [0.15, 0.2) is 18.2 Å². The highest BCUT2D eigenvalue weighted by atomic mass is 16.6. The summed E-state index contributed by atoms with van der Waals surface area (Å²) in [6.07, 6.45) is 3.41. The van der Waals surface area contributed by atoms with Gasteiger partial charge in [0.25, 0.3) is 5.69 Å². The van der Waals surface area contributed by atoms with Crippen molar-refractivity contribution in [2.75, 3.05) is 5.32 Å². The molecule has 1 aromatic carbocycles. The molecule has 2 rings (SSSR count). The molecule has 92 valence electrons. The van der Waals surface area contributed by atoms with Crippen LogP contribution in [-0.4, -0.2) is 11.0 Å². The van der Waals surface area contributed by atoms with E-state index in [1.165, 1.54) is 6.42 Å². The Labute approximate surface area is 101 Å². The van der Waals surface area contributed by atoms with Gasteiger partial charge in [-0.3, -0.25) is 10.1 Å². The minimum Gasteiger partial charge on any atom is -0.377 e. The Morgan fingerprint density at radius 1 is 1.41 bits per heavy atom. The van der Waals surface area contributed by atoms with Gasteiger partial charge in [-0.1, -0.05) is 13.0 Å². The van der Waals surface area contributed by atoms with E-state index in [1.54, 1.807) is 12.1 Å². The smallest absolute Gasteiger partial charge is 0.292 e. The van der Waals surface area contributed by atoms with Crippen LogP contribution in [-0.2, 0) is 0 Å².